The van der Waals surface area contributed by atoms with Crippen molar-refractivity contribution in [2.45, 2.75) is 6.92 Å². The molecule has 0 spiro atoms. The second-order valence-electron chi connectivity index (χ2n) is 4.33. The minimum Gasteiger partial charge on any atom is -0.507 e. The molecule has 0 aromatic heterocycles. The van der Waals surface area contributed by atoms with Crippen molar-refractivity contribution in [3.8, 4) is 11.5 Å². The van der Waals surface area contributed by atoms with E-state index in [0.717, 1.165) is 0 Å². The standard InChI is InChI=1S/C16H15BrN2O3/c1-2-22-12-7-8-15(20)11(9-12)10-18-19-16(21)13-5-3-4-6-14(13)17/h3-10,20H,2H2,1H3,(H,19,21)/b18-10-. The first-order valence-corrected chi connectivity index (χ1v) is 7.45. The van der Waals surface area contributed by atoms with Gasteiger partial charge in [0.15, 0.2) is 0 Å². The van der Waals surface area contributed by atoms with Gasteiger partial charge in [0.25, 0.3) is 5.91 Å². The number of nitrogens with zero attached hydrogens (tertiary/aromatic N) is 1. The smallest absolute Gasteiger partial charge is 0.272 e. The van der Waals surface area contributed by atoms with Crippen molar-refractivity contribution < 1.29 is 14.6 Å². The maximum atomic E-state index is 12.0. The largest absolute Gasteiger partial charge is 0.507 e. The number of carbonyl (C=O) groups is 1. The molecule has 0 radical (unpaired) electrons. The van der Waals surface area contributed by atoms with Crippen LogP contribution in [0.1, 0.15) is 22.8 Å². The van der Waals surface area contributed by atoms with Gasteiger partial charge in [-0.1, -0.05) is 12.1 Å². The normalized spacial score (nSPS) is 10.6. The fourth-order valence-electron chi connectivity index (χ4n) is 1.76. The van der Waals surface area contributed by atoms with Crippen LogP contribution in [-0.2, 0) is 0 Å². The Hall–Kier alpha value is -2.34. The fourth-order valence-corrected chi connectivity index (χ4v) is 2.22. The van der Waals surface area contributed by atoms with E-state index in [2.05, 4.69) is 26.5 Å². The van der Waals surface area contributed by atoms with Gasteiger partial charge >= 0.3 is 0 Å². The molecule has 0 saturated heterocycles. The summed E-state index contributed by atoms with van der Waals surface area (Å²) in [5.41, 5.74) is 3.35. The third kappa shape index (κ3) is 4.08. The lowest BCUT2D eigenvalue weighted by Crippen LogP contribution is -2.18. The molecule has 114 valence electrons. The number of rotatable bonds is 5. The van der Waals surface area contributed by atoms with Crippen LogP contribution in [0, 0.1) is 0 Å². The van der Waals surface area contributed by atoms with Crippen LogP contribution in [0.25, 0.3) is 0 Å². The molecule has 0 saturated carbocycles. The minimum absolute atomic E-state index is 0.0577. The lowest BCUT2D eigenvalue weighted by molar-refractivity contribution is 0.0954. The van der Waals surface area contributed by atoms with E-state index in [4.69, 9.17) is 4.74 Å². The van der Waals surface area contributed by atoms with Gasteiger partial charge in [-0.2, -0.15) is 5.10 Å². The van der Waals surface area contributed by atoms with Crippen molar-refractivity contribution in [3.63, 3.8) is 0 Å². The molecule has 5 nitrogen and oxygen atoms in total. The number of amides is 1. The Balaban J connectivity index is 2.08. The third-order valence-electron chi connectivity index (χ3n) is 2.80. The Labute approximate surface area is 136 Å². The number of aromatic hydroxyl groups is 1. The van der Waals surface area contributed by atoms with E-state index < -0.39 is 0 Å². The predicted octanol–water partition coefficient (Wildman–Crippen LogP) is 3.32. The summed E-state index contributed by atoms with van der Waals surface area (Å²) in [6.07, 6.45) is 1.37. The summed E-state index contributed by atoms with van der Waals surface area (Å²) in [7, 11) is 0. The summed E-state index contributed by atoms with van der Waals surface area (Å²) in [5.74, 6) is 0.338. The SMILES string of the molecule is CCOc1ccc(O)c(/C=N\NC(=O)c2ccccc2Br)c1. The highest BCUT2D eigenvalue weighted by molar-refractivity contribution is 9.10. The van der Waals surface area contributed by atoms with E-state index in [9.17, 15) is 9.90 Å². The van der Waals surface area contributed by atoms with Crippen molar-refractivity contribution in [3.05, 3.63) is 58.1 Å². The molecule has 0 aliphatic carbocycles. The summed E-state index contributed by atoms with van der Waals surface area (Å²) in [5, 5.41) is 13.6. The fraction of sp³-hybridized carbons (Fsp3) is 0.125. The summed E-state index contributed by atoms with van der Waals surface area (Å²) in [6, 6.07) is 11.9. The zero-order valence-electron chi connectivity index (χ0n) is 11.9. The second kappa shape index (κ2) is 7.61. The first kappa shape index (κ1) is 16.0. The number of hydrazone groups is 1. The number of halogens is 1. The van der Waals surface area contributed by atoms with Crippen molar-refractivity contribution in [2.75, 3.05) is 6.61 Å². The summed E-state index contributed by atoms with van der Waals surface area (Å²) in [4.78, 5) is 12.0. The molecule has 22 heavy (non-hydrogen) atoms. The molecule has 0 atom stereocenters. The number of ether oxygens (including phenoxy) is 1. The van der Waals surface area contributed by atoms with Crippen LogP contribution in [0.2, 0.25) is 0 Å². The first-order chi connectivity index (χ1) is 10.6. The van der Waals surface area contributed by atoms with E-state index in [1.165, 1.54) is 12.3 Å². The molecule has 2 aromatic carbocycles. The number of phenolic OH excluding ortho intramolecular Hbond substituents is 1. The highest BCUT2D eigenvalue weighted by Crippen LogP contribution is 2.21. The van der Waals surface area contributed by atoms with Gasteiger partial charge < -0.3 is 9.84 Å². The van der Waals surface area contributed by atoms with Gasteiger partial charge in [0.2, 0.25) is 0 Å². The van der Waals surface area contributed by atoms with Crippen molar-refractivity contribution in [2.24, 2.45) is 5.10 Å². The van der Waals surface area contributed by atoms with E-state index in [0.29, 0.717) is 28.0 Å². The van der Waals surface area contributed by atoms with E-state index >= 15 is 0 Å². The number of hydrogen-bond acceptors (Lipinski definition) is 4. The molecule has 1 amide bonds. The summed E-state index contributed by atoms with van der Waals surface area (Å²) in [6.45, 7) is 2.40. The van der Waals surface area contributed by atoms with Gasteiger partial charge in [-0.25, -0.2) is 5.43 Å². The van der Waals surface area contributed by atoms with Crippen LogP contribution in [-0.4, -0.2) is 23.8 Å². The van der Waals surface area contributed by atoms with Gasteiger partial charge in [-0.05, 0) is 53.2 Å². The molecular formula is C16H15BrN2O3. The average molecular weight is 363 g/mol. The average Bonchev–Trinajstić information content (AvgIpc) is 2.51. The summed E-state index contributed by atoms with van der Waals surface area (Å²) >= 11 is 3.30. The zero-order chi connectivity index (χ0) is 15.9. The van der Waals surface area contributed by atoms with Gasteiger partial charge in [-0.3, -0.25) is 4.79 Å². The molecule has 6 heteroatoms. The molecule has 0 heterocycles. The van der Waals surface area contributed by atoms with Crippen LogP contribution in [0.3, 0.4) is 0 Å². The number of phenols is 1. The highest BCUT2D eigenvalue weighted by Gasteiger charge is 2.07. The molecule has 0 bridgehead atoms. The van der Waals surface area contributed by atoms with E-state index in [1.54, 1.807) is 30.3 Å². The Morgan fingerprint density at radius 2 is 2.14 bits per heavy atom. The first-order valence-electron chi connectivity index (χ1n) is 6.65. The minimum atomic E-state index is -0.343. The number of carbonyl (C=O) groups excluding carboxylic acids is 1. The topological polar surface area (TPSA) is 70.9 Å². The Morgan fingerprint density at radius 3 is 2.86 bits per heavy atom. The Bertz CT molecular complexity index is 702. The quantitative estimate of drug-likeness (QED) is 0.633. The van der Waals surface area contributed by atoms with E-state index in [1.807, 2.05) is 13.0 Å². The Morgan fingerprint density at radius 1 is 1.36 bits per heavy atom. The van der Waals surface area contributed by atoms with E-state index in [-0.39, 0.29) is 11.7 Å². The maximum Gasteiger partial charge on any atom is 0.272 e. The third-order valence-corrected chi connectivity index (χ3v) is 3.49. The molecule has 0 aliphatic heterocycles. The van der Waals surface area contributed by atoms with Crippen molar-refractivity contribution >= 4 is 28.1 Å². The molecule has 0 aliphatic rings. The zero-order valence-corrected chi connectivity index (χ0v) is 13.5. The van der Waals surface area contributed by atoms with Crippen LogP contribution in [0.4, 0.5) is 0 Å². The van der Waals surface area contributed by atoms with Crippen LogP contribution >= 0.6 is 15.9 Å². The lowest BCUT2D eigenvalue weighted by Gasteiger charge is -2.05. The van der Waals surface area contributed by atoms with Gasteiger partial charge in [0.05, 0.1) is 18.4 Å². The van der Waals surface area contributed by atoms with Crippen LogP contribution in [0.15, 0.2) is 52.0 Å². The van der Waals surface area contributed by atoms with Crippen molar-refractivity contribution in [1.82, 2.24) is 5.43 Å². The van der Waals surface area contributed by atoms with Crippen LogP contribution < -0.4 is 10.2 Å². The molecule has 2 rings (SSSR count). The lowest BCUT2D eigenvalue weighted by atomic mass is 10.2. The number of hydrogen-bond donors (Lipinski definition) is 2. The highest BCUT2D eigenvalue weighted by atomic mass is 79.9. The molecule has 2 aromatic rings. The van der Waals surface area contributed by atoms with Gasteiger partial charge in [-0.15, -0.1) is 0 Å². The van der Waals surface area contributed by atoms with Crippen molar-refractivity contribution in [1.29, 1.82) is 0 Å². The second-order valence-corrected chi connectivity index (χ2v) is 5.19. The van der Waals surface area contributed by atoms with Gasteiger partial charge in [0, 0.05) is 10.0 Å². The molecular weight excluding hydrogens is 348 g/mol. The predicted molar refractivity (Wildman–Crippen MR) is 88.5 cm³/mol. The number of nitrogens with one attached hydrogen (secondary N) is 1. The van der Waals surface area contributed by atoms with Crippen LogP contribution in [0.5, 0.6) is 11.5 Å². The molecule has 2 N–H and O–H groups in total. The maximum absolute atomic E-state index is 12.0. The molecule has 0 unspecified atom stereocenters. The Kier molecular flexibility index (Phi) is 5.55. The molecule has 0 fully saturated rings. The summed E-state index contributed by atoms with van der Waals surface area (Å²) < 4.78 is 6.03. The van der Waals surface area contributed by atoms with Gasteiger partial charge in [0.1, 0.15) is 11.5 Å². The monoisotopic (exact) mass is 362 g/mol. The number of benzene rings is 2.